The number of amides is 1. The second-order valence-corrected chi connectivity index (χ2v) is 9.07. The number of benzene rings is 1. The van der Waals surface area contributed by atoms with Crippen LogP contribution in [0.4, 0.5) is 4.39 Å². The number of hydrogen-bond donors (Lipinski definition) is 1. The average molecular weight is 394 g/mol. The minimum absolute atomic E-state index is 0.00820. The summed E-state index contributed by atoms with van der Waals surface area (Å²) in [6.45, 7) is 0.770. The van der Waals surface area contributed by atoms with Crippen LogP contribution in [0.25, 0.3) is 11.3 Å². The second-order valence-electron chi connectivity index (χ2n) is 6.84. The fourth-order valence-electron chi connectivity index (χ4n) is 3.10. The summed E-state index contributed by atoms with van der Waals surface area (Å²) in [4.78, 5) is 14.0. The molecule has 1 N–H and O–H groups in total. The molecule has 1 unspecified atom stereocenters. The molecule has 1 saturated heterocycles. The van der Waals surface area contributed by atoms with E-state index >= 15 is 0 Å². The highest BCUT2D eigenvalue weighted by Gasteiger charge is 2.30. The predicted octanol–water partition coefficient (Wildman–Crippen LogP) is 2.21. The summed E-state index contributed by atoms with van der Waals surface area (Å²) in [5.41, 5.74) is 0.766. The number of sulfone groups is 1. The maximum absolute atomic E-state index is 13.0. The summed E-state index contributed by atoms with van der Waals surface area (Å²) >= 11 is 0. The van der Waals surface area contributed by atoms with E-state index in [4.69, 9.17) is 4.42 Å². The maximum atomic E-state index is 13.0. The molecule has 0 spiro atoms. The maximum Gasteiger partial charge on any atom is 0.221 e. The van der Waals surface area contributed by atoms with Gasteiger partial charge in [0.1, 0.15) is 17.3 Å². The van der Waals surface area contributed by atoms with E-state index in [9.17, 15) is 17.6 Å². The standard InChI is InChI=1S/C19H23FN2O4S/c1-22(16-9-11-27(24,25)13-16)10-8-19(23)21-12-17-6-7-18(26-17)14-2-4-15(20)5-3-14/h2-7,16H,8-13H2,1H3,(H,21,23). The van der Waals surface area contributed by atoms with Gasteiger partial charge in [0.05, 0.1) is 18.1 Å². The van der Waals surface area contributed by atoms with Crippen LogP contribution in [-0.2, 0) is 21.2 Å². The van der Waals surface area contributed by atoms with E-state index in [0.29, 0.717) is 30.9 Å². The van der Waals surface area contributed by atoms with Crippen molar-refractivity contribution in [2.45, 2.75) is 25.4 Å². The SMILES string of the molecule is CN(CCC(=O)NCc1ccc(-c2ccc(F)cc2)o1)C1CCS(=O)(=O)C1. The molecule has 146 valence electrons. The van der Waals surface area contributed by atoms with Gasteiger partial charge in [-0.15, -0.1) is 0 Å². The van der Waals surface area contributed by atoms with Gasteiger partial charge in [0.2, 0.25) is 5.91 Å². The molecule has 1 aromatic carbocycles. The molecule has 2 heterocycles. The Morgan fingerprint density at radius 1 is 1.26 bits per heavy atom. The number of carbonyl (C=O) groups excluding carboxylic acids is 1. The van der Waals surface area contributed by atoms with Crippen molar-refractivity contribution in [3.05, 3.63) is 48.0 Å². The lowest BCUT2D eigenvalue weighted by Crippen LogP contribution is -2.36. The number of furan rings is 1. The normalized spacial score (nSPS) is 18.7. The zero-order valence-corrected chi connectivity index (χ0v) is 16.0. The molecule has 1 amide bonds. The van der Waals surface area contributed by atoms with Gasteiger partial charge in [0.15, 0.2) is 9.84 Å². The molecular formula is C19H23FN2O4S. The Labute approximate surface area is 158 Å². The molecule has 3 rings (SSSR count). The summed E-state index contributed by atoms with van der Waals surface area (Å²) in [6, 6.07) is 9.55. The van der Waals surface area contributed by atoms with E-state index in [2.05, 4.69) is 5.32 Å². The molecule has 1 atom stereocenters. The summed E-state index contributed by atoms with van der Waals surface area (Å²) < 4.78 is 41.7. The minimum Gasteiger partial charge on any atom is -0.459 e. The van der Waals surface area contributed by atoms with Crippen molar-refractivity contribution in [3.8, 4) is 11.3 Å². The number of nitrogens with zero attached hydrogens (tertiary/aromatic N) is 1. The van der Waals surface area contributed by atoms with Gasteiger partial charge in [-0.25, -0.2) is 12.8 Å². The van der Waals surface area contributed by atoms with Crippen LogP contribution in [0.5, 0.6) is 0 Å². The molecule has 1 aliphatic heterocycles. The highest BCUT2D eigenvalue weighted by Crippen LogP contribution is 2.22. The zero-order valence-electron chi connectivity index (χ0n) is 15.2. The molecule has 2 aromatic rings. The van der Waals surface area contributed by atoms with Crippen molar-refractivity contribution in [1.29, 1.82) is 0 Å². The summed E-state index contributed by atoms with van der Waals surface area (Å²) in [5, 5.41) is 2.80. The van der Waals surface area contributed by atoms with E-state index in [0.717, 1.165) is 5.56 Å². The minimum atomic E-state index is -2.92. The summed E-state index contributed by atoms with van der Waals surface area (Å²) in [7, 11) is -1.08. The lowest BCUT2D eigenvalue weighted by Gasteiger charge is -2.22. The largest absolute Gasteiger partial charge is 0.459 e. The Bertz CT molecular complexity index is 893. The Morgan fingerprint density at radius 2 is 2.00 bits per heavy atom. The van der Waals surface area contributed by atoms with Gasteiger partial charge >= 0.3 is 0 Å². The Balaban J connectivity index is 1.43. The van der Waals surface area contributed by atoms with E-state index in [-0.39, 0.29) is 35.8 Å². The Hall–Kier alpha value is -2.19. The molecular weight excluding hydrogens is 371 g/mol. The molecule has 6 nitrogen and oxygen atoms in total. The van der Waals surface area contributed by atoms with Crippen molar-refractivity contribution in [2.24, 2.45) is 0 Å². The quantitative estimate of drug-likeness (QED) is 0.779. The first kappa shape index (κ1) is 19.6. The highest BCUT2D eigenvalue weighted by atomic mass is 32.2. The first-order valence-corrected chi connectivity index (χ1v) is 10.7. The fraction of sp³-hybridized carbons (Fsp3) is 0.421. The third-order valence-corrected chi connectivity index (χ3v) is 6.52. The van der Waals surface area contributed by atoms with Crippen LogP contribution in [-0.4, -0.2) is 50.4 Å². The van der Waals surface area contributed by atoms with Crippen LogP contribution in [0.15, 0.2) is 40.8 Å². The van der Waals surface area contributed by atoms with Crippen molar-refractivity contribution in [3.63, 3.8) is 0 Å². The van der Waals surface area contributed by atoms with E-state index < -0.39 is 9.84 Å². The molecule has 27 heavy (non-hydrogen) atoms. The number of rotatable bonds is 7. The lowest BCUT2D eigenvalue weighted by atomic mass is 10.2. The third kappa shape index (κ3) is 5.40. The second kappa shape index (κ2) is 8.22. The van der Waals surface area contributed by atoms with E-state index in [1.807, 2.05) is 11.9 Å². The monoisotopic (exact) mass is 394 g/mol. The Morgan fingerprint density at radius 3 is 2.67 bits per heavy atom. The van der Waals surface area contributed by atoms with Gasteiger partial charge in [0.25, 0.3) is 0 Å². The molecule has 0 bridgehead atoms. The molecule has 1 aliphatic rings. The first-order valence-electron chi connectivity index (χ1n) is 8.84. The number of nitrogens with one attached hydrogen (secondary N) is 1. The smallest absolute Gasteiger partial charge is 0.221 e. The number of hydrogen-bond acceptors (Lipinski definition) is 5. The topological polar surface area (TPSA) is 79.6 Å². The van der Waals surface area contributed by atoms with Gasteiger partial charge in [-0.1, -0.05) is 0 Å². The van der Waals surface area contributed by atoms with Crippen molar-refractivity contribution in [2.75, 3.05) is 25.1 Å². The van der Waals surface area contributed by atoms with Crippen molar-refractivity contribution < 1.29 is 22.0 Å². The van der Waals surface area contributed by atoms with Crippen LogP contribution in [0.3, 0.4) is 0 Å². The molecule has 8 heteroatoms. The highest BCUT2D eigenvalue weighted by molar-refractivity contribution is 7.91. The third-order valence-electron chi connectivity index (χ3n) is 4.77. The molecule has 0 radical (unpaired) electrons. The zero-order chi connectivity index (χ0) is 19.4. The van der Waals surface area contributed by atoms with Crippen LogP contribution in [0.2, 0.25) is 0 Å². The molecule has 1 fully saturated rings. The first-order chi connectivity index (χ1) is 12.8. The summed E-state index contributed by atoms with van der Waals surface area (Å²) in [5.74, 6) is 1.19. The van der Waals surface area contributed by atoms with Crippen LogP contribution in [0, 0.1) is 5.82 Å². The van der Waals surface area contributed by atoms with E-state index in [1.165, 1.54) is 12.1 Å². The molecule has 1 aromatic heterocycles. The van der Waals surface area contributed by atoms with E-state index in [1.54, 1.807) is 24.3 Å². The fourth-order valence-corrected chi connectivity index (χ4v) is 4.91. The van der Waals surface area contributed by atoms with Gasteiger partial charge in [-0.3, -0.25) is 4.79 Å². The van der Waals surface area contributed by atoms with Crippen molar-refractivity contribution >= 4 is 15.7 Å². The lowest BCUT2D eigenvalue weighted by molar-refractivity contribution is -0.121. The van der Waals surface area contributed by atoms with Gasteiger partial charge in [0, 0.05) is 24.6 Å². The van der Waals surface area contributed by atoms with Crippen LogP contribution >= 0.6 is 0 Å². The van der Waals surface area contributed by atoms with Crippen molar-refractivity contribution in [1.82, 2.24) is 10.2 Å². The summed E-state index contributed by atoms with van der Waals surface area (Å²) in [6.07, 6.45) is 0.914. The van der Waals surface area contributed by atoms with Gasteiger partial charge < -0.3 is 14.6 Å². The van der Waals surface area contributed by atoms with Gasteiger partial charge in [-0.05, 0) is 49.9 Å². The molecule has 0 aliphatic carbocycles. The predicted molar refractivity (Wildman–Crippen MR) is 100 cm³/mol. The number of halogens is 1. The van der Waals surface area contributed by atoms with Crippen LogP contribution in [0.1, 0.15) is 18.6 Å². The van der Waals surface area contributed by atoms with Crippen LogP contribution < -0.4 is 5.32 Å². The van der Waals surface area contributed by atoms with Gasteiger partial charge in [-0.2, -0.15) is 0 Å². The average Bonchev–Trinajstić information content (AvgIpc) is 3.25. The molecule has 0 saturated carbocycles. The Kier molecular flexibility index (Phi) is 5.96. The number of carbonyl (C=O) groups is 1.